The van der Waals surface area contributed by atoms with Gasteiger partial charge in [0.25, 0.3) is 0 Å². The van der Waals surface area contributed by atoms with E-state index in [1.807, 2.05) is 0 Å². The second-order valence-corrected chi connectivity index (χ2v) is 5.16. The summed E-state index contributed by atoms with van der Waals surface area (Å²) in [6.07, 6.45) is 0.503. The molecule has 14 heavy (non-hydrogen) atoms. The van der Waals surface area contributed by atoms with Gasteiger partial charge in [-0.1, -0.05) is 6.07 Å². The second-order valence-electron chi connectivity index (χ2n) is 3.17. The summed E-state index contributed by atoms with van der Waals surface area (Å²) in [6, 6.07) is 6.37. The monoisotopic (exact) mass is 313 g/mol. The van der Waals surface area contributed by atoms with Crippen molar-refractivity contribution < 1.29 is 0 Å². The molecule has 1 heterocycles. The van der Waals surface area contributed by atoms with Crippen LogP contribution in [0.5, 0.6) is 0 Å². The highest BCUT2D eigenvalue weighted by Gasteiger charge is 2.08. The van der Waals surface area contributed by atoms with Crippen LogP contribution in [0.3, 0.4) is 0 Å². The number of hydrogen-bond acceptors (Lipinski definition) is 2. The third kappa shape index (κ3) is 1.53. The van der Waals surface area contributed by atoms with Crippen LogP contribution in [0.1, 0.15) is 11.1 Å². The van der Waals surface area contributed by atoms with Gasteiger partial charge in [-0.3, -0.25) is 0 Å². The number of hydrogen-bond donors (Lipinski definition) is 0. The Kier molecular flexibility index (Phi) is 2.75. The Morgan fingerprint density at radius 1 is 1.50 bits per heavy atom. The first-order valence-electron chi connectivity index (χ1n) is 4.26. The quantitative estimate of drug-likeness (QED) is 0.733. The van der Waals surface area contributed by atoms with E-state index in [1.165, 1.54) is 19.2 Å². The van der Waals surface area contributed by atoms with Gasteiger partial charge >= 0.3 is 0 Å². The number of thiophene rings is 1. The molecule has 1 aromatic heterocycles. The molecular formula is C11H8INS. The molecule has 3 heteroatoms. The summed E-state index contributed by atoms with van der Waals surface area (Å²) in [7, 11) is 0. The number of nitriles is 1. The molecule has 70 valence electrons. The number of rotatable bonds is 1. The predicted octanol–water partition coefficient (Wildman–Crippen LogP) is 3.88. The summed E-state index contributed by atoms with van der Waals surface area (Å²) < 4.78 is 2.55. The minimum absolute atomic E-state index is 0.503. The van der Waals surface area contributed by atoms with E-state index >= 15 is 0 Å². The molecule has 0 radical (unpaired) electrons. The van der Waals surface area contributed by atoms with E-state index in [1.54, 1.807) is 11.3 Å². The molecule has 0 aliphatic rings. The number of fused-ring (bicyclic) bond motifs is 1. The smallest absolute Gasteiger partial charge is 0.0670 e. The Balaban J connectivity index is 2.74. The van der Waals surface area contributed by atoms with Gasteiger partial charge in [-0.25, -0.2) is 0 Å². The lowest BCUT2D eigenvalue weighted by Crippen LogP contribution is -1.87. The first-order chi connectivity index (χ1) is 6.74. The molecule has 0 spiro atoms. The average molecular weight is 313 g/mol. The normalized spacial score (nSPS) is 10.4. The van der Waals surface area contributed by atoms with Crippen LogP contribution in [0.2, 0.25) is 0 Å². The van der Waals surface area contributed by atoms with Crippen molar-refractivity contribution in [2.75, 3.05) is 0 Å². The third-order valence-electron chi connectivity index (χ3n) is 2.21. The second kappa shape index (κ2) is 3.87. The first kappa shape index (κ1) is 9.94. The first-order valence-corrected chi connectivity index (χ1v) is 6.22. The molecule has 1 aromatic carbocycles. The van der Waals surface area contributed by atoms with Gasteiger partial charge in [0, 0.05) is 13.7 Å². The lowest BCUT2D eigenvalue weighted by atomic mass is 10.1. The van der Waals surface area contributed by atoms with Gasteiger partial charge < -0.3 is 0 Å². The van der Waals surface area contributed by atoms with Gasteiger partial charge in [0.2, 0.25) is 0 Å². The highest BCUT2D eigenvalue weighted by Crippen LogP contribution is 2.31. The van der Waals surface area contributed by atoms with Crippen molar-refractivity contribution in [3.63, 3.8) is 0 Å². The maximum Gasteiger partial charge on any atom is 0.0670 e. The van der Waals surface area contributed by atoms with Gasteiger partial charge in [0.15, 0.2) is 0 Å². The van der Waals surface area contributed by atoms with Crippen molar-refractivity contribution in [2.24, 2.45) is 0 Å². The van der Waals surface area contributed by atoms with Crippen LogP contribution in [0.15, 0.2) is 17.5 Å². The summed E-state index contributed by atoms with van der Waals surface area (Å²) >= 11 is 4.11. The van der Waals surface area contributed by atoms with Gasteiger partial charge in [-0.2, -0.15) is 5.26 Å². The summed E-state index contributed by atoms with van der Waals surface area (Å²) in [6.45, 7) is 2.12. The largest absolute Gasteiger partial charge is 0.198 e. The zero-order valence-electron chi connectivity index (χ0n) is 7.67. The van der Waals surface area contributed by atoms with E-state index < -0.39 is 0 Å². The third-order valence-corrected chi connectivity index (χ3v) is 4.51. The fourth-order valence-corrected chi connectivity index (χ4v) is 3.72. The molecule has 0 bridgehead atoms. The maximum atomic E-state index is 8.69. The Labute approximate surface area is 101 Å². The van der Waals surface area contributed by atoms with Crippen molar-refractivity contribution in [3.05, 3.63) is 32.2 Å². The van der Waals surface area contributed by atoms with Crippen molar-refractivity contribution in [2.45, 2.75) is 13.3 Å². The van der Waals surface area contributed by atoms with Crippen LogP contribution in [0.4, 0.5) is 0 Å². The van der Waals surface area contributed by atoms with Crippen LogP contribution in [-0.4, -0.2) is 0 Å². The molecule has 2 aromatic rings. The molecule has 0 atom stereocenters. The molecule has 0 N–H and O–H groups in total. The SMILES string of the molecule is Cc1csc2ccc(CC#N)c(I)c12. The molecule has 0 saturated carbocycles. The Morgan fingerprint density at radius 2 is 2.29 bits per heavy atom. The highest BCUT2D eigenvalue weighted by molar-refractivity contribution is 14.1. The van der Waals surface area contributed by atoms with Crippen LogP contribution >= 0.6 is 33.9 Å². The standard InChI is InChI=1S/C11H8INS/c1-7-6-14-9-3-2-8(4-5-13)11(12)10(7)9/h2-3,6H,4H2,1H3. The lowest BCUT2D eigenvalue weighted by molar-refractivity contribution is 1.26. The summed E-state index contributed by atoms with van der Waals surface area (Å²) in [5.74, 6) is 0. The van der Waals surface area contributed by atoms with Crippen LogP contribution in [-0.2, 0) is 6.42 Å². The average Bonchev–Trinajstić information content (AvgIpc) is 2.54. The van der Waals surface area contributed by atoms with E-state index in [2.05, 4.69) is 53.1 Å². The van der Waals surface area contributed by atoms with Gasteiger partial charge in [-0.05, 0) is 52.1 Å². The molecule has 1 nitrogen and oxygen atoms in total. The van der Waals surface area contributed by atoms with Crippen LogP contribution in [0, 0.1) is 21.8 Å². The summed E-state index contributed by atoms with van der Waals surface area (Å²) in [4.78, 5) is 0. The molecule has 2 rings (SSSR count). The van der Waals surface area contributed by atoms with E-state index in [-0.39, 0.29) is 0 Å². The molecule has 0 fully saturated rings. The van der Waals surface area contributed by atoms with Gasteiger partial charge in [0.1, 0.15) is 0 Å². The van der Waals surface area contributed by atoms with Crippen LogP contribution in [0.25, 0.3) is 10.1 Å². The summed E-state index contributed by atoms with van der Waals surface area (Å²) in [5.41, 5.74) is 2.45. The Hall–Kier alpha value is -0.600. The van der Waals surface area contributed by atoms with Crippen molar-refractivity contribution in [3.8, 4) is 6.07 Å². The van der Waals surface area contributed by atoms with Crippen LogP contribution < -0.4 is 0 Å². The Bertz CT molecular complexity index is 522. The number of halogens is 1. The molecule has 0 unspecified atom stereocenters. The maximum absolute atomic E-state index is 8.69. The Morgan fingerprint density at radius 3 is 3.00 bits per heavy atom. The van der Waals surface area contributed by atoms with E-state index in [0.29, 0.717) is 6.42 Å². The van der Waals surface area contributed by atoms with E-state index in [4.69, 9.17) is 5.26 Å². The molecule has 0 saturated heterocycles. The highest BCUT2D eigenvalue weighted by atomic mass is 127. The number of benzene rings is 1. The fraction of sp³-hybridized carbons (Fsp3) is 0.182. The summed E-state index contributed by atoms with van der Waals surface area (Å²) in [5, 5.41) is 12.2. The predicted molar refractivity (Wildman–Crippen MR) is 68.6 cm³/mol. The molecule has 0 aliphatic carbocycles. The van der Waals surface area contributed by atoms with E-state index in [0.717, 1.165) is 5.56 Å². The minimum atomic E-state index is 0.503. The van der Waals surface area contributed by atoms with Gasteiger partial charge in [-0.15, -0.1) is 11.3 Å². The van der Waals surface area contributed by atoms with Crippen molar-refractivity contribution >= 4 is 44.0 Å². The molecule has 0 amide bonds. The molecular weight excluding hydrogens is 305 g/mol. The number of nitrogens with zero attached hydrogens (tertiary/aromatic N) is 1. The molecule has 0 aliphatic heterocycles. The lowest BCUT2D eigenvalue weighted by Gasteiger charge is -2.02. The fourth-order valence-electron chi connectivity index (χ4n) is 1.50. The zero-order chi connectivity index (χ0) is 10.1. The zero-order valence-corrected chi connectivity index (χ0v) is 10.6. The topological polar surface area (TPSA) is 23.8 Å². The minimum Gasteiger partial charge on any atom is -0.198 e. The van der Waals surface area contributed by atoms with Crippen molar-refractivity contribution in [1.29, 1.82) is 5.26 Å². The van der Waals surface area contributed by atoms with E-state index in [9.17, 15) is 0 Å². The number of aryl methyl sites for hydroxylation is 1. The van der Waals surface area contributed by atoms with Gasteiger partial charge in [0.05, 0.1) is 12.5 Å². The van der Waals surface area contributed by atoms with Crippen molar-refractivity contribution in [1.82, 2.24) is 0 Å².